The fourth-order valence-electron chi connectivity index (χ4n) is 0.950. The number of carbonyl (C=O) groups is 1. The zero-order valence-electron chi connectivity index (χ0n) is 6.64. The van der Waals surface area contributed by atoms with Crippen molar-refractivity contribution in [2.24, 2.45) is 0 Å². The highest BCUT2D eigenvalue weighted by atomic mass is 32.1. The molecule has 0 radical (unpaired) electrons. The molecule has 5 heteroatoms. The van der Waals surface area contributed by atoms with Gasteiger partial charge in [-0.2, -0.15) is 4.98 Å². The molecule has 0 fully saturated rings. The van der Waals surface area contributed by atoms with E-state index in [0.29, 0.717) is 18.6 Å². The highest BCUT2D eigenvalue weighted by Crippen LogP contribution is 2.12. The van der Waals surface area contributed by atoms with Crippen molar-refractivity contribution in [3.05, 3.63) is 34.1 Å². The fraction of sp³-hybridized carbons (Fsp3) is 0.125. The maximum Gasteiger partial charge on any atom is 0.235 e. The van der Waals surface area contributed by atoms with Crippen LogP contribution in [-0.4, -0.2) is 16.4 Å². The first-order valence-electron chi connectivity index (χ1n) is 3.68. The van der Waals surface area contributed by atoms with Gasteiger partial charge in [0.05, 0.1) is 6.42 Å². The fourth-order valence-corrected chi connectivity index (χ4v) is 1.65. The molecule has 2 aromatic heterocycles. The van der Waals surface area contributed by atoms with Gasteiger partial charge < -0.3 is 4.52 Å². The minimum atomic E-state index is 0.103. The first-order valence-corrected chi connectivity index (χ1v) is 4.56. The standard InChI is InChI=1S/C8H6N2O2S/c11-5-7-9-8(12-10-7)4-6-2-1-3-13-6/h1-3,5H,4H2. The lowest BCUT2D eigenvalue weighted by molar-refractivity contribution is 0.111. The van der Waals surface area contributed by atoms with Crippen molar-refractivity contribution in [2.75, 3.05) is 0 Å². The average molecular weight is 194 g/mol. The highest BCUT2D eigenvalue weighted by molar-refractivity contribution is 7.09. The van der Waals surface area contributed by atoms with E-state index in [0.717, 1.165) is 4.88 Å². The summed E-state index contributed by atoms with van der Waals surface area (Å²) < 4.78 is 4.84. The van der Waals surface area contributed by atoms with Gasteiger partial charge in [0.2, 0.25) is 11.7 Å². The molecule has 13 heavy (non-hydrogen) atoms. The SMILES string of the molecule is O=Cc1noc(Cc2cccs2)n1. The van der Waals surface area contributed by atoms with E-state index in [9.17, 15) is 4.79 Å². The predicted molar refractivity (Wildman–Crippen MR) is 46.8 cm³/mol. The molecule has 0 saturated carbocycles. The van der Waals surface area contributed by atoms with Gasteiger partial charge in [0.25, 0.3) is 0 Å². The van der Waals surface area contributed by atoms with Gasteiger partial charge in [0, 0.05) is 4.88 Å². The van der Waals surface area contributed by atoms with Crippen LogP contribution < -0.4 is 0 Å². The summed E-state index contributed by atoms with van der Waals surface area (Å²) in [7, 11) is 0. The molecule has 0 atom stereocenters. The number of aldehydes is 1. The molecule has 2 rings (SSSR count). The van der Waals surface area contributed by atoms with Crippen molar-refractivity contribution >= 4 is 17.6 Å². The summed E-state index contributed by atoms with van der Waals surface area (Å²) in [6, 6.07) is 3.94. The van der Waals surface area contributed by atoms with E-state index in [1.165, 1.54) is 0 Å². The Morgan fingerprint density at radius 3 is 3.15 bits per heavy atom. The van der Waals surface area contributed by atoms with Crippen LogP contribution in [0.5, 0.6) is 0 Å². The Bertz CT molecular complexity index is 394. The summed E-state index contributed by atoms with van der Waals surface area (Å²) in [5.41, 5.74) is 0. The van der Waals surface area contributed by atoms with E-state index in [-0.39, 0.29) is 5.82 Å². The number of rotatable bonds is 3. The molecule has 0 aliphatic heterocycles. The van der Waals surface area contributed by atoms with Crippen molar-refractivity contribution in [3.8, 4) is 0 Å². The molecule has 0 spiro atoms. The first kappa shape index (κ1) is 8.12. The van der Waals surface area contributed by atoms with Crippen LogP contribution in [0.3, 0.4) is 0 Å². The van der Waals surface area contributed by atoms with Gasteiger partial charge in [0.1, 0.15) is 0 Å². The smallest absolute Gasteiger partial charge is 0.235 e. The molecule has 0 aliphatic rings. The quantitative estimate of drug-likeness (QED) is 0.695. The van der Waals surface area contributed by atoms with Crippen LogP contribution in [0.1, 0.15) is 21.4 Å². The number of nitrogens with zero attached hydrogens (tertiary/aromatic N) is 2. The first-order chi connectivity index (χ1) is 6.38. The third-order valence-corrected chi connectivity index (χ3v) is 2.37. The third-order valence-electron chi connectivity index (χ3n) is 1.49. The molecular weight excluding hydrogens is 188 g/mol. The van der Waals surface area contributed by atoms with E-state index in [2.05, 4.69) is 10.1 Å². The summed E-state index contributed by atoms with van der Waals surface area (Å²) in [6.07, 6.45) is 1.17. The van der Waals surface area contributed by atoms with Gasteiger partial charge >= 0.3 is 0 Å². The Hall–Kier alpha value is -1.49. The van der Waals surface area contributed by atoms with Crippen molar-refractivity contribution in [1.82, 2.24) is 10.1 Å². The predicted octanol–water partition coefficient (Wildman–Crippen LogP) is 1.53. The summed E-state index contributed by atoms with van der Waals surface area (Å²) in [5, 5.41) is 5.44. The van der Waals surface area contributed by atoms with Gasteiger partial charge in [-0.1, -0.05) is 11.2 Å². The monoisotopic (exact) mass is 194 g/mol. The molecular formula is C8H6N2O2S. The Labute approximate surface area is 78.2 Å². The summed E-state index contributed by atoms with van der Waals surface area (Å²) in [5.74, 6) is 0.580. The van der Waals surface area contributed by atoms with Crippen LogP contribution in [0.4, 0.5) is 0 Å². The minimum absolute atomic E-state index is 0.103. The molecule has 0 amide bonds. The number of carbonyl (C=O) groups excluding carboxylic acids is 1. The molecule has 66 valence electrons. The molecule has 2 aromatic rings. The lowest BCUT2D eigenvalue weighted by Crippen LogP contribution is -1.86. The van der Waals surface area contributed by atoms with E-state index >= 15 is 0 Å². The zero-order valence-corrected chi connectivity index (χ0v) is 7.45. The summed E-state index contributed by atoms with van der Waals surface area (Å²) >= 11 is 1.62. The molecule has 0 saturated heterocycles. The van der Waals surface area contributed by atoms with Crippen LogP contribution in [0.25, 0.3) is 0 Å². The zero-order chi connectivity index (χ0) is 9.10. The molecule has 0 bridgehead atoms. The summed E-state index contributed by atoms with van der Waals surface area (Å²) in [4.78, 5) is 15.2. The molecule has 0 unspecified atom stereocenters. The van der Waals surface area contributed by atoms with E-state index < -0.39 is 0 Å². The Morgan fingerprint density at radius 2 is 2.54 bits per heavy atom. The Morgan fingerprint density at radius 1 is 1.62 bits per heavy atom. The molecule has 4 nitrogen and oxygen atoms in total. The molecule has 0 aliphatic carbocycles. The van der Waals surface area contributed by atoms with E-state index in [1.54, 1.807) is 11.3 Å². The second-order valence-electron chi connectivity index (χ2n) is 2.42. The number of hydrogen-bond acceptors (Lipinski definition) is 5. The van der Waals surface area contributed by atoms with Gasteiger partial charge in [-0.3, -0.25) is 4.79 Å². The number of hydrogen-bond donors (Lipinski definition) is 0. The van der Waals surface area contributed by atoms with Gasteiger partial charge in [0.15, 0.2) is 6.29 Å². The van der Waals surface area contributed by atoms with Crippen LogP contribution in [0.15, 0.2) is 22.0 Å². The third kappa shape index (κ3) is 1.81. The van der Waals surface area contributed by atoms with Crippen LogP contribution in [0.2, 0.25) is 0 Å². The van der Waals surface area contributed by atoms with Crippen LogP contribution >= 0.6 is 11.3 Å². The second-order valence-corrected chi connectivity index (χ2v) is 3.45. The van der Waals surface area contributed by atoms with Crippen LogP contribution in [0, 0.1) is 0 Å². The lowest BCUT2D eigenvalue weighted by Gasteiger charge is -1.86. The Balaban J connectivity index is 2.14. The highest BCUT2D eigenvalue weighted by Gasteiger charge is 2.05. The normalized spacial score (nSPS) is 10.2. The van der Waals surface area contributed by atoms with Crippen LogP contribution in [-0.2, 0) is 6.42 Å². The lowest BCUT2D eigenvalue weighted by atomic mass is 10.3. The van der Waals surface area contributed by atoms with Crippen molar-refractivity contribution in [2.45, 2.75) is 6.42 Å². The average Bonchev–Trinajstić information content (AvgIpc) is 2.76. The summed E-state index contributed by atoms with van der Waals surface area (Å²) in [6.45, 7) is 0. The van der Waals surface area contributed by atoms with Crippen molar-refractivity contribution < 1.29 is 9.32 Å². The molecule has 2 heterocycles. The Kier molecular flexibility index (Phi) is 2.18. The van der Waals surface area contributed by atoms with Crippen molar-refractivity contribution in [3.63, 3.8) is 0 Å². The van der Waals surface area contributed by atoms with Gasteiger partial charge in [-0.05, 0) is 11.4 Å². The largest absolute Gasteiger partial charge is 0.338 e. The van der Waals surface area contributed by atoms with Gasteiger partial charge in [-0.25, -0.2) is 0 Å². The molecule has 0 aromatic carbocycles. The van der Waals surface area contributed by atoms with E-state index in [1.807, 2.05) is 17.5 Å². The van der Waals surface area contributed by atoms with Gasteiger partial charge in [-0.15, -0.1) is 11.3 Å². The maximum absolute atomic E-state index is 10.2. The minimum Gasteiger partial charge on any atom is -0.338 e. The topological polar surface area (TPSA) is 56.0 Å². The maximum atomic E-state index is 10.2. The number of thiophene rings is 1. The second kappa shape index (κ2) is 3.49. The van der Waals surface area contributed by atoms with E-state index in [4.69, 9.17) is 4.52 Å². The van der Waals surface area contributed by atoms with Crippen molar-refractivity contribution in [1.29, 1.82) is 0 Å². The molecule has 0 N–H and O–H groups in total. The number of aromatic nitrogens is 2.